The van der Waals surface area contributed by atoms with Crippen molar-refractivity contribution in [3.63, 3.8) is 0 Å². The van der Waals surface area contributed by atoms with E-state index < -0.39 is 11.6 Å². The maximum absolute atomic E-state index is 14.0. The standard InChI is InChI=1S/C16H24F2N2/c1-3-10-19-15(11-20(2)12-6-4-7-12)13-8-5-9-14(17)16(13)18/h5,8-9,12,15,19H,3-4,6-7,10-11H2,1-2H3. The number of nitrogens with one attached hydrogen (secondary N) is 1. The molecule has 1 fully saturated rings. The van der Waals surface area contributed by atoms with Crippen LogP contribution >= 0.6 is 0 Å². The molecule has 0 spiro atoms. The normalized spacial score (nSPS) is 17.2. The topological polar surface area (TPSA) is 15.3 Å². The van der Waals surface area contributed by atoms with Gasteiger partial charge in [0.1, 0.15) is 0 Å². The molecule has 0 bridgehead atoms. The number of likely N-dealkylation sites (N-methyl/N-ethyl adjacent to an activating group) is 1. The Morgan fingerprint density at radius 1 is 1.35 bits per heavy atom. The number of halogens is 2. The van der Waals surface area contributed by atoms with Gasteiger partial charge >= 0.3 is 0 Å². The van der Waals surface area contributed by atoms with Crippen LogP contribution in [0, 0.1) is 11.6 Å². The average molecular weight is 282 g/mol. The lowest BCUT2D eigenvalue weighted by Crippen LogP contribution is -2.42. The van der Waals surface area contributed by atoms with Gasteiger partial charge in [0.05, 0.1) is 0 Å². The summed E-state index contributed by atoms with van der Waals surface area (Å²) in [6.45, 7) is 3.59. The van der Waals surface area contributed by atoms with Gasteiger partial charge in [0.2, 0.25) is 0 Å². The lowest BCUT2D eigenvalue weighted by atomic mass is 9.91. The van der Waals surface area contributed by atoms with Gasteiger partial charge in [-0.15, -0.1) is 0 Å². The van der Waals surface area contributed by atoms with Gasteiger partial charge in [-0.3, -0.25) is 0 Å². The molecule has 1 unspecified atom stereocenters. The van der Waals surface area contributed by atoms with Crippen LogP contribution < -0.4 is 5.32 Å². The summed E-state index contributed by atoms with van der Waals surface area (Å²) in [5.74, 6) is -1.49. The first-order valence-electron chi connectivity index (χ1n) is 7.51. The molecule has 0 amide bonds. The highest BCUT2D eigenvalue weighted by molar-refractivity contribution is 5.23. The second-order valence-corrected chi connectivity index (χ2v) is 5.67. The van der Waals surface area contributed by atoms with E-state index in [0.717, 1.165) is 13.0 Å². The molecule has 1 aromatic carbocycles. The maximum Gasteiger partial charge on any atom is 0.163 e. The van der Waals surface area contributed by atoms with Gasteiger partial charge in [-0.05, 0) is 38.9 Å². The number of hydrogen-bond donors (Lipinski definition) is 1. The molecular formula is C16H24F2N2. The molecule has 1 aromatic rings. The van der Waals surface area contributed by atoms with Gasteiger partial charge in [-0.2, -0.15) is 0 Å². The van der Waals surface area contributed by atoms with Gasteiger partial charge in [0, 0.05) is 24.2 Å². The van der Waals surface area contributed by atoms with Crippen molar-refractivity contribution in [1.82, 2.24) is 10.2 Å². The van der Waals surface area contributed by atoms with Crippen LogP contribution in [0.2, 0.25) is 0 Å². The average Bonchev–Trinajstić information content (AvgIpc) is 2.36. The van der Waals surface area contributed by atoms with Gasteiger partial charge < -0.3 is 10.2 Å². The molecule has 2 nitrogen and oxygen atoms in total. The monoisotopic (exact) mass is 282 g/mol. The Morgan fingerprint density at radius 3 is 2.70 bits per heavy atom. The van der Waals surface area contributed by atoms with Crippen molar-refractivity contribution in [2.75, 3.05) is 20.1 Å². The minimum Gasteiger partial charge on any atom is -0.309 e. The molecule has 0 saturated heterocycles. The lowest BCUT2D eigenvalue weighted by molar-refractivity contribution is 0.144. The summed E-state index contributed by atoms with van der Waals surface area (Å²) in [4.78, 5) is 2.27. The van der Waals surface area contributed by atoms with Crippen LogP contribution in [-0.4, -0.2) is 31.1 Å². The van der Waals surface area contributed by atoms with E-state index in [1.807, 2.05) is 0 Å². The zero-order valence-corrected chi connectivity index (χ0v) is 12.3. The van der Waals surface area contributed by atoms with Gasteiger partial charge in [-0.1, -0.05) is 25.5 Å². The SMILES string of the molecule is CCCNC(CN(C)C1CCC1)c1cccc(F)c1F. The summed E-state index contributed by atoms with van der Waals surface area (Å²) in [5, 5.41) is 3.34. The Hall–Kier alpha value is -1.00. The Bertz CT molecular complexity index is 432. The van der Waals surface area contributed by atoms with Gasteiger partial charge in [-0.25, -0.2) is 8.78 Å². The number of nitrogens with zero attached hydrogens (tertiary/aromatic N) is 1. The summed E-state index contributed by atoms with van der Waals surface area (Å²) < 4.78 is 27.4. The highest BCUT2D eigenvalue weighted by Crippen LogP contribution is 2.26. The van der Waals surface area contributed by atoms with E-state index in [2.05, 4.69) is 24.2 Å². The molecule has 4 heteroatoms. The molecule has 1 saturated carbocycles. The molecule has 20 heavy (non-hydrogen) atoms. The Morgan fingerprint density at radius 2 is 2.10 bits per heavy atom. The molecule has 0 aliphatic heterocycles. The second kappa shape index (κ2) is 7.14. The van der Waals surface area contributed by atoms with E-state index in [4.69, 9.17) is 0 Å². The van der Waals surface area contributed by atoms with Crippen LogP contribution in [0.1, 0.15) is 44.2 Å². The van der Waals surface area contributed by atoms with E-state index in [-0.39, 0.29) is 6.04 Å². The van der Waals surface area contributed by atoms with E-state index >= 15 is 0 Å². The Balaban J connectivity index is 2.11. The predicted molar refractivity (Wildman–Crippen MR) is 77.7 cm³/mol. The number of rotatable bonds is 7. The fourth-order valence-corrected chi connectivity index (χ4v) is 2.65. The molecule has 0 heterocycles. The van der Waals surface area contributed by atoms with Crippen molar-refractivity contribution in [3.8, 4) is 0 Å². The molecule has 2 rings (SSSR count). The summed E-state index contributed by atoms with van der Waals surface area (Å²) in [5.41, 5.74) is 0.435. The fraction of sp³-hybridized carbons (Fsp3) is 0.625. The maximum atomic E-state index is 14.0. The van der Waals surface area contributed by atoms with Crippen molar-refractivity contribution < 1.29 is 8.78 Å². The third-order valence-corrected chi connectivity index (χ3v) is 4.17. The minimum atomic E-state index is -0.767. The first kappa shape index (κ1) is 15.4. The zero-order chi connectivity index (χ0) is 14.5. The smallest absolute Gasteiger partial charge is 0.163 e. The second-order valence-electron chi connectivity index (χ2n) is 5.67. The molecule has 1 aliphatic carbocycles. The van der Waals surface area contributed by atoms with Crippen molar-refractivity contribution in [2.45, 2.75) is 44.7 Å². The van der Waals surface area contributed by atoms with Crippen molar-refractivity contribution >= 4 is 0 Å². The number of benzene rings is 1. The minimum absolute atomic E-state index is 0.156. The Kier molecular flexibility index (Phi) is 5.49. The van der Waals surface area contributed by atoms with Gasteiger partial charge in [0.15, 0.2) is 11.6 Å². The quantitative estimate of drug-likeness (QED) is 0.823. The van der Waals surface area contributed by atoms with E-state index in [0.29, 0.717) is 18.2 Å². The highest BCUT2D eigenvalue weighted by Gasteiger charge is 2.26. The summed E-state index contributed by atoms with van der Waals surface area (Å²) in [6.07, 6.45) is 4.67. The van der Waals surface area contributed by atoms with Crippen molar-refractivity contribution in [1.29, 1.82) is 0 Å². The molecule has 1 atom stereocenters. The first-order valence-corrected chi connectivity index (χ1v) is 7.51. The van der Waals surface area contributed by atoms with Crippen LogP contribution in [0.15, 0.2) is 18.2 Å². The largest absolute Gasteiger partial charge is 0.309 e. The molecule has 0 aromatic heterocycles. The fourth-order valence-electron chi connectivity index (χ4n) is 2.65. The van der Waals surface area contributed by atoms with Crippen LogP contribution in [0.4, 0.5) is 8.78 Å². The zero-order valence-electron chi connectivity index (χ0n) is 12.3. The van der Waals surface area contributed by atoms with Crippen LogP contribution in [0.5, 0.6) is 0 Å². The van der Waals surface area contributed by atoms with E-state index in [1.165, 1.54) is 25.3 Å². The van der Waals surface area contributed by atoms with E-state index in [1.54, 1.807) is 12.1 Å². The molecule has 0 radical (unpaired) electrons. The lowest BCUT2D eigenvalue weighted by Gasteiger charge is -2.37. The third kappa shape index (κ3) is 3.55. The predicted octanol–water partition coefficient (Wildman–Crippen LogP) is 3.49. The van der Waals surface area contributed by atoms with Crippen molar-refractivity contribution in [3.05, 3.63) is 35.4 Å². The summed E-state index contributed by atoms with van der Waals surface area (Å²) in [7, 11) is 2.07. The summed E-state index contributed by atoms with van der Waals surface area (Å²) >= 11 is 0. The van der Waals surface area contributed by atoms with Crippen LogP contribution in [0.25, 0.3) is 0 Å². The molecule has 1 N–H and O–H groups in total. The Labute approximate surface area is 120 Å². The van der Waals surface area contributed by atoms with Crippen molar-refractivity contribution in [2.24, 2.45) is 0 Å². The molecular weight excluding hydrogens is 258 g/mol. The van der Waals surface area contributed by atoms with Crippen LogP contribution in [0.3, 0.4) is 0 Å². The molecule has 1 aliphatic rings. The van der Waals surface area contributed by atoms with E-state index in [9.17, 15) is 8.78 Å². The first-order chi connectivity index (χ1) is 9.63. The molecule has 112 valence electrons. The highest BCUT2D eigenvalue weighted by atomic mass is 19.2. The van der Waals surface area contributed by atoms with Gasteiger partial charge in [0.25, 0.3) is 0 Å². The third-order valence-electron chi connectivity index (χ3n) is 4.17. The summed E-state index contributed by atoms with van der Waals surface area (Å²) in [6, 6.07) is 4.87. The van der Waals surface area contributed by atoms with Crippen LogP contribution in [-0.2, 0) is 0 Å². The number of hydrogen-bond acceptors (Lipinski definition) is 2.